The fourth-order valence-corrected chi connectivity index (χ4v) is 6.71. The van der Waals surface area contributed by atoms with E-state index in [0.29, 0.717) is 15.1 Å². The highest BCUT2D eigenvalue weighted by Crippen LogP contribution is 2.41. The van der Waals surface area contributed by atoms with E-state index in [4.69, 9.17) is 14.1 Å². The predicted octanol–water partition coefficient (Wildman–Crippen LogP) is 6.35. The van der Waals surface area contributed by atoms with Crippen LogP contribution in [-0.4, -0.2) is 11.7 Å². The van der Waals surface area contributed by atoms with Crippen molar-refractivity contribution < 1.29 is 9.15 Å². The first kappa shape index (κ1) is 24.1. The van der Waals surface area contributed by atoms with Crippen molar-refractivity contribution in [2.24, 2.45) is 4.99 Å². The van der Waals surface area contributed by atoms with Gasteiger partial charge in [-0.05, 0) is 65.9 Å². The second kappa shape index (κ2) is 9.67. The van der Waals surface area contributed by atoms with Gasteiger partial charge < -0.3 is 9.15 Å². The fraction of sp³-hybridized carbons (Fsp3) is 0.125. The van der Waals surface area contributed by atoms with Crippen LogP contribution in [0.4, 0.5) is 0 Å². The molecule has 5 aromatic rings. The zero-order valence-corrected chi connectivity index (χ0v) is 23.5. The molecule has 2 aromatic heterocycles. The molecule has 39 heavy (non-hydrogen) atoms. The summed E-state index contributed by atoms with van der Waals surface area (Å²) in [5.74, 6) is 2.15. The molecule has 7 heteroatoms. The van der Waals surface area contributed by atoms with Gasteiger partial charge in [0.05, 0.1) is 23.4 Å². The van der Waals surface area contributed by atoms with Gasteiger partial charge in [0.25, 0.3) is 5.56 Å². The third-order valence-corrected chi connectivity index (χ3v) is 8.82. The molecule has 0 amide bonds. The monoisotopic (exact) mass is 594 g/mol. The maximum atomic E-state index is 14.0. The minimum absolute atomic E-state index is 0.0708. The zero-order chi connectivity index (χ0) is 26.5. The molecule has 3 aromatic carbocycles. The summed E-state index contributed by atoms with van der Waals surface area (Å²) in [7, 11) is 1.66. The van der Waals surface area contributed by atoms with Crippen molar-refractivity contribution in [1.82, 2.24) is 4.57 Å². The summed E-state index contributed by atoms with van der Waals surface area (Å²) in [4.78, 5) is 19.7. The van der Waals surface area contributed by atoms with Crippen molar-refractivity contribution in [2.45, 2.75) is 18.9 Å². The van der Waals surface area contributed by atoms with Crippen LogP contribution >= 0.6 is 27.3 Å². The third-order valence-electron chi connectivity index (χ3n) is 7.31. The van der Waals surface area contributed by atoms with Crippen LogP contribution in [0, 0.1) is 0 Å². The van der Waals surface area contributed by atoms with Gasteiger partial charge in [0.2, 0.25) is 0 Å². The van der Waals surface area contributed by atoms with Crippen molar-refractivity contribution >= 4 is 39.0 Å². The third kappa shape index (κ3) is 4.22. The van der Waals surface area contributed by atoms with E-state index in [1.807, 2.05) is 65.2 Å². The van der Waals surface area contributed by atoms with E-state index < -0.39 is 0 Å². The number of hydrogen-bond donors (Lipinski definition) is 0. The average molecular weight is 596 g/mol. The lowest BCUT2D eigenvalue weighted by atomic mass is 9.83. The van der Waals surface area contributed by atoms with Crippen LogP contribution < -0.4 is 19.6 Å². The molecule has 3 heterocycles. The molecule has 0 fully saturated rings. The Morgan fingerprint density at radius 3 is 2.72 bits per heavy atom. The second-order valence-electron chi connectivity index (χ2n) is 9.60. The summed E-state index contributed by atoms with van der Waals surface area (Å²) >= 11 is 4.87. The van der Waals surface area contributed by atoms with E-state index in [2.05, 4.69) is 46.3 Å². The van der Waals surface area contributed by atoms with Gasteiger partial charge in [0, 0.05) is 21.7 Å². The van der Waals surface area contributed by atoms with Gasteiger partial charge >= 0.3 is 0 Å². The molecule has 0 spiro atoms. The zero-order valence-electron chi connectivity index (χ0n) is 21.1. The largest absolute Gasteiger partial charge is 0.497 e. The number of aryl methyl sites for hydroxylation is 1. The first-order valence-electron chi connectivity index (χ1n) is 12.7. The maximum absolute atomic E-state index is 14.0. The number of thiazole rings is 1. The summed E-state index contributed by atoms with van der Waals surface area (Å²) in [6.07, 6.45) is 3.59. The highest BCUT2D eigenvalue weighted by molar-refractivity contribution is 9.10. The van der Waals surface area contributed by atoms with Gasteiger partial charge in [-0.2, -0.15) is 0 Å². The molecule has 0 N–H and O–H groups in total. The summed E-state index contributed by atoms with van der Waals surface area (Å²) in [5.41, 5.74) is 6.50. The average Bonchev–Trinajstić information content (AvgIpc) is 3.56. The van der Waals surface area contributed by atoms with E-state index in [0.717, 1.165) is 56.8 Å². The summed E-state index contributed by atoms with van der Waals surface area (Å²) in [5, 5.41) is 0. The Labute approximate surface area is 237 Å². The Hall–Kier alpha value is -3.94. The molecule has 0 saturated heterocycles. The minimum atomic E-state index is -0.253. The standard InChI is InChI=1S/C32H23BrN2O3S/c1-37-23-7-4-6-21(17-23)30-26-15-11-19-5-2-3-8-25(19)29(26)34-32-35(30)31(36)28(39-32)18-24-14-16-27(38-24)20-9-12-22(33)13-10-20/h2-10,12-14,16-18,30H,11,15H2,1H3/b28-18+/t30-/m1/s1. The number of methoxy groups -OCH3 is 1. The van der Waals surface area contributed by atoms with Gasteiger partial charge in [-0.15, -0.1) is 0 Å². The fourth-order valence-electron chi connectivity index (χ4n) is 5.46. The Balaban J connectivity index is 1.40. The SMILES string of the molecule is COc1cccc([C@@H]2C3=C(N=c4s/c(=C/c5ccc(-c6ccc(Br)cc6)o5)c(=O)n42)c2ccccc2CC3)c1. The van der Waals surface area contributed by atoms with E-state index >= 15 is 0 Å². The van der Waals surface area contributed by atoms with Crippen LogP contribution in [0.2, 0.25) is 0 Å². The Bertz CT molecular complexity index is 1950. The highest BCUT2D eigenvalue weighted by atomic mass is 79.9. The van der Waals surface area contributed by atoms with E-state index in [1.54, 1.807) is 7.11 Å². The number of aromatic nitrogens is 1. The maximum Gasteiger partial charge on any atom is 0.271 e. The van der Waals surface area contributed by atoms with Crippen molar-refractivity contribution in [1.29, 1.82) is 0 Å². The molecular formula is C32H23BrN2O3S. The molecule has 1 atom stereocenters. The summed E-state index contributed by atoms with van der Waals surface area (Å²) < 4.78 is 15.1. The number of allylic oxidation sites excluding steroid dienone is 1. The minimum Gasteiger partial charge on any atom is -0.497 e. The number of rotatable bonds is 4. The topological polar surface area (TPSA) is 56.7 Å². The molecule has 2 aliphatic rings. The van der Waals surface area contributed by atoms with Crippen LogP contribution in [0.15, 0.2) is 109 Å². The van der Waals surface area contributed by atoms with E-state index in [-0.39, 0.29) is 11.6 Å². The molecular weight excluding hydrogens is 572 g/mol. The lowest BCUT2D eigenvalue weighted by molar-refractivity contribution is 0.413. The van der Waals surface area contributed by atoms with Crippen molar-refractivity contribution in [3.05, 3.63) is 137 Å². The van der Waals surface area contributed by atoms with Crippen LogP contribution in [0.3, 0.4) is 0 Å². The first-order chi connectivity index (χ1) is 19.1. The number of furan rings is 1. The van der Waals surface area contributed by atoms with Crippen molar-refractivity contribution in [3.8, 4) is 17.1 Å². The molecule has 5 nitrogen and oxygen atoms in total. The predicted molar refractivity (Wildman–Crippen MR) is 158 cm³/mol. The lowest BCUT2D eigenvalue weighted by Gasteiger charge is -2.31. The number of nitrogens with zero attached hydrogens (tertiary/aromatic N) is 2. The summed E-state index contributed by atoms with van der Waals surface area (Å²) in [6.45, 7) is 0. The molecule has 0 saturated carbocycles. The van der Waals surface area contributed by atoms with Crippen molar-refractivity contribution in [2.75, 3.05) is 7.11 Å². The van der Waals surface area contributed by atoms with Crippen LogP contribution in [0.1, 0.15) is 34.9 Å². The molecule has 7 rings (SSSR count). The molecule has 1 aliphatic carbocycles. The van der Waals surface area contributed by atoms with Gasteiger partial charge in [-0.25, -0.2) is 4.99 Å². The van der Waals surface area contributed by atoms with Gasteiger partial charge in [0.15, 0.2) is 4.80 Å². The number of fused-ring (bicyclic) bond motifs is 3. The molecule has 0 radical (unpaired) electrons. The quantitative estimate of drug-likeness (QED) is 0.243. The van der Waals surface area contributed by atoms with E-state index in [9.17, 15) is 4.79 Å². The molecule has 0 bridgehead atoms. The smallest absolute Gasteiger partial charge is 0.271 e. The van der Waals surface area contributed by atoms with Crippen LogP contribution in [-0.2, 0) is 6.42 Å². The number of benzene rings is 3. The summed E-state index contributed by atoms with van der Waals surface area (Å²) in [6, 6.07) is 28.0. The van der Waals surface area contributed by atoms with Crippen LogP contribution in [0.25, 0.3) is 23.1 Å². The Morgan fingerprint density at radius 2 is 1.87 bits per heavy atom. The molecule has 192 valence electrons. The van der Waals surface area contributed by atoms with E-state index in [1.165, 1.54) is 16.9 Å². The van der Waals surface area contributed by atoms with Gasteiger partial charge in [-0.3, -0.25) is 9.36 Å². The highest BCUT2D eigenvalue weighted by Gasteiger charge is 2.32. The van der Waals surface area contributed by atoms with Crippen LogP contribution in [0.5, 0.6) is 5.75 Å². The number of ether oxygens (including phenoxy) is 1. The first-order valence-corrected chi connectivity index (χ1v) is 14.3. The van der Waals surface area contributed by atoms with Gasteiger partial charge in [0.1, 0.15) is 17.3 Å². The lowest BCUT2D eigenvalue weighted by Crippen LogP contribution is -2.38. The second-order valence-corrected chi connectivity index (χ2v) is 11.5. The molecule has 0 unspecified atom stereocenters. The Kier molecular flexibility index (Phi) is 5.98. The number of hydrogen-bond acceptors (Lipinski definition) is 5. The Morgan fingerprint density at radius 1 is 1.03 bits per heavy atom. The normalized spacial score (nSPS) is 16.4. The number of halogens is 1. The van der Waals surface area contributed by atoms with Crippen molar-refractivity contribution in [3.63, 3.8) is 0 Å². The van der Waals surface area contributed by atoms with Gasteiger partial charge in [-0.1, -0.05) is 75.8 Å². The molecule has 1 aliphatic heterocycles.